The first kappa shape index (κ1) is 9.71. The van der Waals surface area contributed by atoms with Crippen molar-refractivity contribution < 1.29 is 14.6 Å². The molecule has 1 fully saturated rings. The van der Waals surface area contributed by atoms with Crippen molar-refractivity contribution in [3.63, 3.8) is 0 Å². The van der Waals surface area contributed by atoms with E-state index in [-0.39, 0.29) is 11.7 Å². The summed E-state index contributed by atoms with van der Waals surface area (Å²) in [7, 11) is 0. The Kier molecular flexibility index (Phi) is 2.87. The third-order valence-electron chi connectivity index (χ3n) is 3.22. The normalized spacial score (nSPS) is 34.2. The van der Waals surface area contributed by atoms with E-state index in [0.717, 1.165) is 12.8 Å². The second-order valence-electron chi connectivity index (χ2n) is 4.14. The number of Topliss-reactive ketones (excluding diaryl/α,β-unsaturated/α-hetero) is 1. The molecular formula is C11H16O3. The standard InChI is InChI=1S/C11H16O3/c12-10-9(6-7-14-11(10)13)8-4-2-1-3-5-8/h6-9,11,13H,1-5H2. The van der Waals surface area contributed by atoms with Crippen LogP contribution in [0.5, 0.6) is 0 Å². The van der Waals surface area contributed by atoms with Crippen molar-refractivity contribution in [1.29, 1.82) is 0 Å². The van der Waals surface area contributed by atoms with Gasteiger partial charge in [-0.15, -0.1) is 0 Å². The predicted octanol–water partition coefficient (Wildman–Crippen LogP) is 1.61. The monoisotopic (exact) mass is 196 g/mol. The van der Waals surface area contributed by atoms with Gasteiger partial charge in [0.25, 0.3) is 6.29 Å². The molecule has 3 heteroatoms. The van der Waals surface area contributed by atoms with E-state index in [0.29, 0.717) is 5.92 Å². The fourth-order valence-corrected chi connectivity index (χ4v) is 2.41. The minimum Gasteiger partial charge on any atom is -0.465 e. The maximum Gasteiger partial charge on any atom is 0.257 e. The largest absolute Gasteiger partial charge is 0.465 e. The van der Waals surface area contributed by atoms with Crippen LogP contribution in [0, 0.1) is 11.8 Å². The van der Waals surface area contributed by atoms with Crippen LogP contribution in [0.3, 0.4) is 0 Å². The van der Waals surface area contributed by atoms with Gasteiger partial charge in [0.1, 0.15) is 0 Å². The highest BCUT2D eigenvalue weighted by Crippen LogP contribution is 2.33. The van der Waals surface area contributed by atoms with Gasteiger partial charge < -0.3 is 9.84 Å². The third-order valence-corrected chi connectivity index (χ3v) is 3.22. The zero-order chi connectivity index (χ0) is 9.97. The first-order valence-electron chi connectivity index (χ1n) is 5.33. The van der Waals surface area contributed by atoms with Crippen molar-refractivity contribution in [2.24, 2.45) is 11.8 Å². The SMILES string of the molecule is O=C1C(O)OC=CC1C1CCCCC1. The van der Waals surface area contributed by atoms with Crippen molar-refractivity contribution >= 4 is 5.78 Å². The van der Waals surface area contributed by atoms with E-state index in [1.165, 1.54) is 25.5 Å². The number of hydrogen-bond donors (Lipinski definition) is 1. The summed E-state index contributed by atoms with van der Waals surface area (Å²) < 4.78 is 4.74. The second-order valence-corrected chi connectivity index (χ2v) is 4.14. The lowest BCUT2D eigenvalue weighted by Gasteiger charge is -2.30. The van der Waals surface area contributed by atoms with Gasteiger partial charge in [-0.1, -0.05) is 19.3 Å². The zero-order valence-electron chi connectivity index (χ0n) is 8.19. The van der Waals surface area contributed by atoms with Crippen LogP contribution in [-0.2, 0) is 9.53 Å². The maximum atomic E-state index is 11.6. The third kappa shape index (κ3) is 1.82. The minimum atomic E-state index is -1.23. The van der Waals surface area contributed by atoms with Gasteiger partial charge in [-0.3, -0.25) is 4.79 Å². The van der Waals surface area contributed by atoms with Crippen molar-refractivity contribution in [1.82, 2.24) is 0 Å². The number of hydrogen-bond acceptors (Lipinski definition) is 3. The fraction of sp³-hybridized carbons (Fsp3) is 0.727. The van der Waals surface area contributed by atoms with E-state index in [2.05, 4.69) is 0 Å². The molecule has 0 spiro atoms. The molecule has 0 aromatic rings. The smallest absolute Gasteiger partial charge is 0.257 e. The molecule has 0 aromatic heterocycles. The number of aliphatic hydroxyl groups is 1. The quantitative estimate of drug-likeness (QED) is 0.693. The zero-order valence-corrected chi connectivity index (χ0v) is 8.19. The van der Waals surface area contributed by atoms with Crippen LogP contribution < -0.4 is 0 Å². The van der Waals surface area contributed by atoms with E-state index >= 15 is 0 Å². The van der Waals surface area contributed by atoms with E-state index < -0.39 is 6.29 Å². The van der Waals surface area contributed by atoms with E-state index in [9.17, 15) is 9.90 Å². The Morgan fingerprint density at radius 3 is 2.71 bits per heavy atom. The number of ether oxygens (including phenoxy) is 1. The molecule has 0 radical (unpaired) electrons. The summed E-state index contributed by atoms with van der Waals surface area (Å²) in [5, 5.41) is 9.26. The van der Waals surface area contributed by atoms with Gasteiger partial charge in [0.2, 0.25) is 5.78 Å². The number of carbonyl (C=O) groups is 1. The summed E-state index contributed by atoms with van der Waals surface area (Å²) in [4.78, 5) is 11.6. The molecule has 1 aliphatic carbocycles. The highest BCUT2D eigenvalue weighted by atomic mass is 16.6. The molecule has 0 bridgehead atoms. The summed E-state index contributed by atoms with van der Waals surface area (Å²) in [6, 6.07) is 0. The molecule has 1 N–H and O–H groups in total. The molecule has 2 aliphatic rings. The Bertz CT molecular complexity index is 241. The van der Waals surface area contributed by atoms with Gasteiger partial charge in [-0.2, -0.15) is 0 Å². The second kappa shape index (κ2) is 4.13. The molecule has 0 aromatic carbocycles. The van der Waals surface area contributed by atoms with Gasteiger partial charge in [0.05, 0.1) is 6.26 Å². The van der Waals surface area contributed by atoms with E-state index in [4.69, 9.17) is 4.74 Å². The first-order valence-corrected chi connectivity index (χ1v) is 5.33. The van der Waals surface area contributed by atoms with Crippen molar-refractivity contribution in [3.8, 4) is 0 Å². The van der Waals surface area contributed by atoms with Gasteiger partial charge >= 0.3 is 0 Å². The van der Waals surface area contributed by atoms with Crippen molar-refractivity contribution in [2.75, 3.05) is 0 Å². The number of allylic oxidation sites excluding steroid dienone is 1. The number of aliphatic hydroxyl groups excluding tert-OH is 1. The predicted molar refractivity (Wildman–Crippen MR) is 51.3 cm³/mol. The number of rotatable bonds is 1. The number of carbonyl (C=O) groups excluding carboxylic acids is 1. The Labute approximate surface area is 83.8 Å². The lowest BCUT2D eigenvalue weighted by atomic mass is 9.77. The Balaban J connectivity index is 2.04. The Hall–Kier alpha value is -0.830. The Morgan fingerprint density at radius 2 is 2.00 bits per heavy atom. The molecule has 3 nitrogen and oxygen atoms in total. The molecular weight excluding hydrogens is 180 g/mol. The summed E-state index contributed by atoms with van der Waals surface area (Å²) in [6.45, 7) is 0. The number of ketones is 1. The molecule has 2 rings (SSSR count). The Morgan fingerprint density at radius 1 is 1.29 bits per heavy atom. The van der Waals surface area contributed by atoms with E-state index in [1.807, 2.05) is 0 Å². The fourth-order valence-electron chi connectivity index (χ4n) is 2.41. The lowest BCUT2D eigenvalue weighted by Crippen LogP contribution is -2.36. The molecule has 2 atom stereocenters. The molecule has 1 heterocycles. The van der Waals surface area contributed by atoms with Crippen LogP contribution in [0.4, 0.5) is 0 Å². The summed E-state index contributed by atoms with van der Waals surface area (Å²) in [6.07, 6.45) is 7.93. The van der Waals surface area contributed by atoms with Gasteiger partial charge in [-0.25, -0.2) is 0 Å². The molecule has 1 aliphatic heterocycles. The van der Waals surface area contributed by atoms with Gasteiger partial charge in [-0.05, 0) is 24.8 Å². The summed E-state index contributed by atoms with van der Waals surface area (Å²) in [5.74, 6) is 0.143. The molecule has 0 saturated heterocycles. The molecule has 1 saturated carbocycles. The van der Waals surface area contributed by atoms with Gasteiger partial charge in [0, 0.05) is 5.92 Å². The van der Waals surface area contributed by atoms with Crippen LogP contribution in [0.25, 0.3) is 0 Å². The topological polar surface area (TPSA) is 46.5 Å². The summed E-state index contributed by atoms with van der Waals surface area (Å²) in [5.41, 5.74) is 0. The van der Waals surface area contributed by atoms with Gasteiger partial charge in [0.15, 0.2) is 0 Å². The maximum absolute atomic E-state index is 11.6. The van der Waals surface area contributed by atoms with Crippen LogP contribution in [0.15, 0.2) is 12.3 Å². The van der Waals surface area contributed by atoms with Crippen LogP contribution in [0.2, 0.25) is 0 Å². The highest BCUT2D eigenvalue weighted by molar-refractivity contribution is 5.86. The molecule has 14 heavy (non-hydrogen) atoms. The van der Waals surface area contributed by atoms with Crippen LogP contribution in [0.1, 0.15) is 32.1 Å². The van der Waals surface area contributed by atoms with Crippen LogP contribution >= 0.6 is 0 Å². The van der Waals surface area contributed by atoms with Crippen molar-refractivity contribution in [3.05, 3.63) is 12.3 Å². The average molecular weight is 196 g/mol. The van der Waals surface area contributed by atoms with E-state index in [1.54, 1.807) is 6.08 Å². The minimum absolute atomic E-state index is 0.112. The lowest BCUT2D eigenvalue weighted by molar-refractivity contribution is -0.154. The molecule has 0 amide bonds. The summed E-state index contributed by atoms with van der Waals surface area (Å²) >= 11 is 0. The van der Waals surface area contributed by atoms with Crippen LogP contribution in [-0.4, -0.2) is 17.2 Å². The highest BCUT2D eigenvalue weighted by Gasteiger charge is 2.34. The average Bonchev–Trinajstić information content (AvgIpc) is 2.23. The van der Waals surface area contributed by atoms with Crippen molar-refractivity contribution in [2.45, 2.75) is 38.4 Å². The molecule has 2 unspecified atom stereocenters. The molecule has 78 valence electrons. The first-order chi connectivity index (χ1) is 6.79.